The molecule has 0 aliphatic rings. The molecule has 0 fully saturated rings. The highest BCUT2D eigenvalue weighted by Crippen LogP contribution is 2.30. The zero-order chi connectivity index (χ0) is 22.2. The van der Waals surface area contributed by atoms with E-state index in [0.717, 1.165) is 0 Å². The van der Waals surface area contributed by atoms with Gasteiger partial charge in [0.2, 0.25) is 0 Å². The first-order chi connectivity index (χ1) is 13.5. The Labute approximate surface area is 178 Å². The summed E-state index contributed by atoms with van der Waals surface area (Å²) in [6.45, 7) is 15.7. The third-order valence-electron chi connectivity index (χ3n) is 4.10. The summed E-state index contributed by atoms with van der Waals surface area (Å²) in [6, 6.07) is -0.144. The van der Waals surface area contributed by atoms with Gasteiger partial charge in [-0.2, -0.15) is 0 Å². The Bertz CT molecular complexity index is 681. The monoisotopic (exact) mass is 426 g/mol. The molecule has 0 N–H and O–H groups in total. The number of hydrogen-bond donors (Lipinski definition) is 0. The number of carbonyl (C=O) groups excluding carboxylic acids is 2. The quantitative estimate of drug-likeness (QED) is 0.393. The molecule has 29 heavy (non-hydrogen) atoms. The third kappa shape index (κ3) is 8.14. The molecule has 2 unspecified atom stereocenters. The summed E-state index contributed by atoms with van der Waals surface area (Å²) in [5.41, 5.74) is -0.309. The lowest BCUT2D eigenvalue weighted by molar-refractivity contribution is 0.00154. The van der Waals surface area contributed by atoms with Gasteiger partial charge in [-0.3, -0.25) is 0 Å². The number of thiazole rings is 1. The van der Waals surface area contributed by atoms with Gasteiger partial charge in [0.15, 0.2) is 5.69 Å². The van der Waals surface area contributed by atoms with Crippen molar-refractivity contribution in [3.8, 4) is 0 Å². The number of nitrogens with zero attached hydrogens (tertiary/aromatic N) is 2. The topological polar surface area (TPSA) is 78.0 Å². The molecule has 2 atom stereocenters. The number of ether oxygens (including phenoxy) is 3. The van der Waals surface area contributed by atoms with Gasteiger partial charge < -0.3 is 19.1 Å². The normalized spacial score (nSPS) is 13.7. The van der Waals surface area contributed by atoms with Gasteiger partial charge in [-0.15, -0.1) is 17.9 Å². The second kappa shape index (κ2) is 11.3. The summed E-state index contributed by atoms with van der Waals surface area (Å²) >= 11 is 1.34. The fraction of sp³-hybridized carbons (Fsp3) is 0.667. The molecule has 1 amide bonds. The van der Waals surface area contributed by atoms with Crippen LogP contribution in [-0.4, -0.2) is 53.9 Å². The first kappa shape index (κ1) is 25.1. The largest absolute Gasteiger partial charge is 0.461 e. The van der Waals surface area contributed by atoms with Crippen molar-refractivity contribution in [2.24, 2.45) is 5.92 Å². The lowest BCUT2D eigenvalue weighted by Gasteiger charge is -2.34. The molecular weight excluding hydrogens is 392 g/mol. The first-order valence-corrected chi connectivity index (χ1v) is 10.7. The average Bonchev–Trinajstić information content (AvgIpc) is 3.10. The van der Waals surface area contributed by atoms with E-state index in [2.05, 4.69) is 11.6 Å². The number of esters is 1. The second-order valence-corrected chi connectivity index (χ2v) is 8.93. The van der Waals surface area contributed by atoms with Gasteiger partial charge in [0, 0.05) is 24.9 Å². The van der Waals surface area contributed by atoms with Gasteiger partial charge >= 0.3 is 12.1 Å². The molecule has 1 aromatic rings. The standard InChI is InChI=1S/C21H34N2O5S/c1-9-11-27-17(18-22-15(13-29-18)19(24)26-10-2)12-16(14(3)4)23(8)20(25)28-21(5,6)7/h9,13-14,16-17H,1,10-12H2,2-8H3. The van der Waals surface area contributed by atoms with Gasteiger partial charge in [-0.05, 0) is 33.6 Å². The summed E-state index contributed by atoms with van der Waals surface area (Å²) < 4.78 is 16.5. The zero-order valence-electron chi connectivity index (χ0n) is 18.6. The van der Waals surface area contributed by atoms with Gasteiger partial charge in [0.05, 0.1) is 13.2 Å². The van der Waals surface area contributed by atoms with Crippen LogP contribution >= 0.6 is 11.3 Å². The van der Waals surface area contributed by atoms with Crippen LogP contribution in [0.5, 0.6) is 0 Å². The molecule has 164 valence electrons. The van der Waals surface area contributed by atoms with E-state index in [4.69, 9.17) is 14.2 Å². The van der Waals surface area contributed by atoms with Crippen LogP contribution in [0.3, 0.4) is 0 Å². The van der Waals surface area contributed by atoms with Crippen LogP contribution in [0.2, 0.25) is 0 Å². The van der Waals surface area contributed by atoms with Crippen LogP contribution < -0.4 is 0 Å². The van der Waals surface area contributed by atoms with E-state index in [-0.39, 0.29) is 30.4 Å². The summed E-state index contributed by atoms with van der Waals surface area (Å²) in [4.78, 5) is 30.5. The van der Waals surface area contributed by atoms with Crippen molar-refractivity contribution in [3.63, 3.8) is 0 Å². The van der Waals surface area contributed by atoms with Gasteiger partial charge in [-0.25, -0.2) is 14.6 Å². The smallest absolute Gasteiger partial charge is 0.410 e. The third-order valence-corrected chi connectivity index (χ3v) is 5.04. The SMILES string of the molecule is C=CCOC(CC(C(C)C)N(C)C(=O)OC(C)(C)C)c1nc(C(=O)OCC)cs1. The average molecular weight is 427 g/mol. The van der Waals surface area contributed by atoms with E-state index in [1.165, 1.54) is 11.3 Å². The van der Waals surface area contributed by atoms with Crippen molar-refractivity contribution in [1.82, 2.24) is 9.88 Å². The van der Waals surface area contributed by atoms with Crippen molar-refractivity contribution in [3.05, 3.63) is 28.7 Å². The van der Waals surface area contributed by atoms with Crippen LogP contribution in [0, 0.1) is 5.92 Å². The minimum Gasteiger partial charge on any atom is -0.461 e. The fourth-order valence-electron chi connectivity index (χ4n) is 2.72. The van der Waals surface area contributed by atoms with Gasteiger partial charge in [0.25, 0.3) is 0 Å². The highest BCUT2D eigenvalue weighted by Gasteiger charge is 2.31. The maximum Gasteiger partial charge on any atom is 0.410 e. The molecule has 7 nitrogen and oxygen atoms in total. The Kier molecular flexibility index (Phi) is 9.79. The zero-order valence-corrected chi connectivity index (χ0v) is 19.4. The minimum atomic E-state index is -0.574. The molecule has 1 rings (SSSR count). The molecular formula is C21H34N2O5S. The van der Waals surface area contributed by atoms with E-state index >= 15 is 0 Å². The van der Waals surface area contributed by atoms with Crippen molar-refractivity contribution in [1.29, 1.82) is 0 Å². The highest BCUT2D eigenvalue weighted by atomic mass is 32.1. The summed E-state index contributed by atoms with van der Waals surface area (Å²) in [5.74, 6) is -0.296. The van der Waals surface area contributed by atoms with Gasteiger partial charge in [-0.1, -0.05) is 19.9 Å². The molecule has 0 aliphatic carbocycles. The molecule has 0 bridgehead atoms. The number of aromatic nitrogens is 1. The van der Waals surface area contributed by atoms with E-state index in [9.17, 15) is 9.59 Å². The lowest BCUT2D eigenvalue weighted by Crippen LogP contribution is -2.44. The fourth-order valence-corrected chi connectivity index (χ4v) is 3.57. The molecule has 8 heteroatoms. The molecule has 1 heterocycles. The molecule has 0 aliphatic heterocycles. The molecule has 0 aromatic carbocycles. The van der Waals surface area contributed by atoms with Crippen LogP contribution in [0.25, 0.3) is 0 Å². The van der Waals surface area contributed by atoms with E-state index < -0.39 is 17.7 Å². The summed E-state index contributed by atoms with van der Waals surface area (Å²) in [5, 5.41) is 2.33. The Hall–Kier alpha value is -1.93. The number of hydrogen-bond acceptors (Lipinski definition) is 7. The Morgan fingerprint density at radius 2 is 2.00 bits per heavy atom. The van der Waals surface area contributed by atoms with Crippen LogP contribution in [-0.2, 0) is 14.2 Å². The minimum absolute atomic E-state index is 0.144. The summed E-state index contributed by atoms with van der Waals surface area (Å²) in [7, 11) is 1.73. The van der Waals surface area contributed by atoms with E-state index in [1.54, 1.807) is 30.3 Å². The van der Waals surface area contributed by atoms with Crippen molar-refractivity contribution < 1.29 is 23.8 Å². The Balaban J connectivity index is 3.05. The number of amides is 1. The molecule has 1 aromatic heterocycles. The summed E-state index contributed by atoms with van der Waals surface area (Å²) in [6.07, 6.45) is 1.40. The van der Waals surface area contributed by atoms with E-state index in [1.807, 2.05) is 34.6 Å². The number of rotatable bonds is 10. The maximum atomic E-state index is 12.6. The predicted molar refractivity (Wildman–Crippen MR) is 114 cm³/mol. The molecule has 0 radical (unpaired) electrons. The van der Waals surface area contributed by atoms with Crippen molar-refractivity contribution in [2.45, 2.75) is 65.7 Å². The number of carbonyl (C=O) groups is 2. The van der Waals surface area contributed by atoms with Crippen molar-refractivity contribution >= 4 is 23.4 Å². The second-order valence-electron chi connectivity index (χ2n) is 8.04. The highest BCUT2D eigenvalue weighted by molar-refractivity contribution is 7.09. The predicted octanol–water partition coefficient (Wildman–Crippen LogP) is 4.85. The molecule has 0 saturated heterocycles. The lowest BCUT2D eigenvalue weighted by atomic mass is 9.96. The Morgan fingerprint density at radius 3 is 2.52 bits per heavy atom. The van der Waals surface area contributed by atoms with Crippen LogP contribution in [0.1, 0.15) is 69.6 Å². The first-order valence-electron chi connectivity index (χ1n) is 9.81. The van der Waals surface area contributed by atoms with Crippen molar-refractivity contribution in [2.75, 3.05) is 20.3 Å². The van der Waals surface area contributed by atoms with Crippen LogP contribution in [0.15, 0.2) is 18.0 Å². The molecule has 0 spiro atoms. The maximum absolute atomic E-state index is 12.6. The van der Waals surface area contributed by atoms with E-state index in [0.29, 0.717) is 18.0 Å². The molecule has 0 saturated carbocycles. The van der Waals surface area contributed by atoms with Gasteiger partial charge in [0.1, 0.15) is 16.7 Å². The Morgan fingerprint density at radius 1 is 1.34 bits per heavy atom. The van der Waals surface area contributed by atoms with Crippen LogP contribution in [0.4, 0.5) is 4.79 Å².